The minimum absolute atomic E-state index is 0.0806. The first-order chi connectivity index (χ1) is 15.9. The van der Waals surface area contributed by atoms with Crippen molar-refractivity contribution in [3.8, 4) is 0 Å². The highest BCUT2D eigenvalue weighted by molar-refractivity contribution is 5.95. The molecule has 5 rings (SSSR count). The number of aromatic nitrogens is 3. The second kappa shape index (κ2) is 8.29. The molecule has 2 atom stereocenters. The van der Waals surface area contributed by atoms with Crippen LogP contribution in [0.4, 0.5) is 0 Å². The number of H-pyrrole nitrogens is 1. The van der Waals surface area contributed by atoms with Gasteiger partial charge in [-0.2, -0.15) is 0 Å². The third-order valence-corrected chi connectivity index (χ3v) is 7.22. The number of likely N-dealkylation sites (N-methyl/N-ethyl adjacent to an activating group) is 1. The number of carbonyl (C=O) groups is 1. The summed E-state index contributed by atoms with van der Waals surface area (Å²) in [4.78, 5) is 27.6. The first-order valence-corrected chi connectivity index (χ1v) is 12.0. The number of allylic oxidation sites excluding steroid dienone is 3. The van der Waals surface area contributed by atoms with Gasteiger partial charge in [0.25, 0.3) is 5.91 Å². The van der Waals surface area contributed by atoms with Crippen LogP contribution in [0, 0.1) is 5.92 Å². The van der Waals surface area contributed by atoms with E-state index in [0.717, 1.165) is 41.6 Å². The molecule has 2 aliphatic rings. The van der Waals surface area contributed by atoms with Crippen molar-refractivity contribution in [3.63, 3.8) is 0 Å². The van der Waals surface area contributed by atoms with Crippen LogP contribution < -0.4 is 0 Å². The van der Waals surface area contributed by atoms with Crippen molar-refractivity contribution >= 4 is 22.5 Å². The van der Waals surface area contributed by atoms with Gasteiger partial charge in [-0.05, 0) is 72.4 Å². The fourth-order valence-corrected chi connectivity index (χ4v) is 5.39. The second-order valence-corrected chi connectivity index (χ2v) is 10.2. The number of hydrogen-bond acceptors (Lipinski definition) is 3. The maximum absolute atomic E-state index is 13.5. The normalized spacial score (nSPS) is 20.4. The summed E-state index contributed by atoms with van der Waals surface area (Å²) in [6, 6.07) is 10.4. The van der Waals surface area contributed by atoms with Gasteiger partial charge >= 0.3 is 0 Å². The van der Waals surface area contributed by atoms with Crippen molar-refractivity contribution in [3.05, 3.63) is 77.4 Å². The Kier molecular flexibility index (Phi) is 5.43. The topological polar surface area (TPSA) is 61.9 Å². The smallest absolute Gasteiger partial charge is 0.254 e. The van der Waals surface area contributed by atoms with Gasteiger partial charge in [0.15, 0.2) is 0 Å². The SMILES string of the molecule is CCN(C(=O)c1ccc(C(C)(C)C)cc1)C1CCC2CC(c3ncnc4[nH]ccc34)=CC=C21. The average molecular weight is 441 g/mol. The Morgan fingerprint density at radius 2 is 1.88 bits per heavy atom. The van der Waals surface area contributed by atoms with Gasteiger partial charge in [-0.25, -0.2) is 9.97 Å². The molecule has 0 bridgehead atoms. The van der Waals surface area contributed by atoms with E-state index in [-0.39, 0.29) is 17.4 Å². The summed E-state index contributed by atoms with van der Waals surface area (Å²) in [6.07, 6.45) is 11.1. The third kappa shape index (κ3) is 3.90. The summed E-state index contributed by atoms with van der Waals surface area (Å²) in [5.74, 6) is 0.591. The van der Waals surface area contributed by atoms with Crippen LogP contribution in [0.2, 0.25) is 0 Å². The van der Waals surface area contributed by atoms with Crippen molar-refractivity contribution in [2.24, 2.45) is 5.92 Å². The zero-order valence-corrected chi connectivity index (χ0v) is 19.9. The van der Waals surface area contributed by atoms with Crippen LogP contribution >= 0.6 is 0 Å². The van der Waals surface area contributed by atoms with Crippen LogP contribution in [0.25, 0.3) is 16.6 Å². The largest absolute Gasteiger partial charge is 0.346 e. The lowest BCUT2D eigenvalue weighted by Gasteiger charge is -2.31. The van der Waals surface area contributed by atoms with Gasteiger partial charge in [-0.15, -0.1) is 0 Å². The van der Waals surface area contributed by atoms with Crippen LogP contribution in [0.5, 0.6) is 0 Å². The molecule has 2 heterocycles. The molecule has 2 aliphatic carbocycles. The molecule has 1 aromatic carbocycles. The molecule has 33 heavy (non-hydrogen) atoms. The highest BCUT2D eigenvalue weighted by atomic mass is 16.2. The van der Waals surface area contributed by atoms with Gasteiger partial charge in [0, 0.05) is 23.7 Å². The number of hydrogen-bond donors (Lipinski definition) is 1. The Morgan fingerprint density at radius 1 is 1.09 bits per heavy atom. The Hall–Kier alpha value is -3.21. The Balaban J connectivity index is 1.40. The number of aromatic amines is 1. The lowest BCUT2D eigenvalue weighted by atomic mass is 9.86. The molecule has 0 spiro atoms. The van der Waals surface area contributed by atoms with E-state index < -0.39 is 0 Å². The number of carbonyl (C=O) groups excluding carboxylic acids is 1. The van der Waals surface area contributed by atoms with Crippen molar-refractivity contribution < 1.29 is 4.79 Å². The average Bonchev–Trinajstić information content (AvgIpc) is 3.46. The highest BCUT2D eigenvalue weighted by Gasteiger charge is 2.37. The van der Waals surface area contributed by atoms with Crippen molar-refractivity contribution in [2.75, 3.05) is 6.54 Å². The van der Waals surface area contributed by atoms with E-state index in [1.165, 1.54) is 16.7 Å². The standard InChI is InChI=1S/C28H32N4O/c1-5-32(27(33)18-6-10-21(11-7-18)28(2,3)4)24-13-9-19-16-20(8-12-22(19)24)25-23-14-15-29-26(23)31-17-30-25/h6-8,10-12,14-15,17,19,24H,5,9,13,16H2,1-4H3,(H,29,30,31). The van der Waals surface area contributed by atoms with Crippen molar-refractivity contribution in [1.29, 1.82) is 0 Å². The monoisotopic (exact) mass is 440 g/mol. The summed E-state index contributed by atoms with van der Waals surface area (Å²) in [5, 5.41) is 1.07. The Morgan fingerprint density at radius 3 is 2.61 bits per heavy atom. The predicted molar refractivity (Wildman–Crippen MR) is 133 cm³/mol. The predicted octanol–water partition coefficient (Wildman–Crippen LogP) is 5.91. The van der Waals surface area contributed by atoms with Gasteiger partial charge in [0.1, 0.15) is 12.0 Å². The minimum atomic E-state index is 0.0806. The number of nitrogens with zero attached hydrogens (tertiary/aromatic N) is 3. The molecule has 1 saturated carbocycles. The maximum atomic E-state index is 13.5. The molecule has 3 aromatic rings. The Bertz CT molecular complexity index is 1240. The lowest BCUT2D eigenvalue weighted by molar-refractivity contribution is 0.0718. The minimum Gasteiger partial charge on any atom is -0.346 e. The van der Waals surface area contributed by atoms with Gasteiger partial charge in [0.05, 0.1) is 11.7 Å². The fraction of sp³-hybridized carbons (Fsp3) is 0.393. The third-order valence-electron chi connectivity index (χ3n) is 7.22. The zero-order valence-electron chi connectivity index (χ0n) is 19.9. The summed E-state index contributed by atoms with van der Waals surface area (Å²) in [5.41, 5.74) is 6.64. The molecule has 170 valence electrons. The van der Waals surface area contributed by atoms with Crippen LogP contribution in [0.1, 0.15) is 68.6 Å². The molecule has 0 radical (unpaired) electrons. The summed E-state index contributed by atoms with van der Waals surface area (Å²) in [6.45, 7) is 9.38. The highest BCUT2D eigenvalue weighted by Crippen LogP contribution is 2.44. The van der Waals surface area contributed by atoms with Crippen molar-refractivity contribution in [1.82, 2.24) is 19.9 Å². The molecule has 2 unspecified atom stereocenters. The number of benzene rings is 1. The molecular weight excluding hydrogens is 408 g/mol. The molecular formula is C28H32N4O. The van der Waals surface area contributed by atoms with Gasteiger partial charge in [-0.3, -0.25) is 4.79 Å². The van der Waals surface area contributed by atoms with E-state index in [1.54, 1.807) is 6.33 Å². The van der Waals surface area contributed by atoms with E-state index in [4.69, 9.17) is 0 Å². The number of amides is 1. The number of rotatable bonds is 4. The quantitative estimate of drug-likeness (QED) is 0.549. The van der Waals surface area contributed by atoms with Gasteiger partial charge < -0.3 is 9.88 Å². The molecule has 0 aliphatic heterocycles. The molecule has 2 aromatic heterocycles. The fourth-order valence-electron chi connectivity index (χ4n) is 5.39. The van der Waals surface area contributed by atoms with Crippen LogP contribution in [0.15, 0.2) is 60.6 Å². The molecule has 1 N–H and O–H groups in total. The van der Waals surface area contributed by atoms with Crippen LogP contribution in [-0.2, 0) is 5.41 Å². The maximum Gasteiger partial charge on any atom is 0.254 e. The molecule has 0 saturated heterocycles. The summed E-state index contributed by atoms with van der Waals surface area (Å²) < 4.78 is 0. The molecule has 1 amide bonds. The second-order valence-electron chi connectivity index (χ2n) is 10.2. The van der Waals surface area contributed by atoms with E-state index >= 15 is 0 Å². The molecule has 1 fully saturated rings. The van der Waals surface area contributed by atoms with Crippen LogP contribution in [0.3, 0.4) is 0 Å². The Labute approximate surface area is 195 Å². The number of nitrogens with one attached hydrogen (secondary N) is 1. The number of fused-ring (bicyclic) bond motifs is 2. The zero-order chi connectivity index (χ0) is 23.2. The van der Waals surface area contributed by atoms with Crippen LogP contribution in [-0.4, -0.2) is 38.3 Å². The van der Waals surface area contributed by atoms with Gasteiger partial charge in [0.2, 0.25) is 0 Å². The van der Waals surface area contributed by atoms with E-state index in [2.05, 4.69) is 71.8 Å². The van der Waals surface area contributed by atoms with E-state index in [0.29, 0.717) is 12.5 Å². The summed E-state index contributed by atoms with van der Waals surface area (Å²) in [7, 11) is 0. The summed E-state index contributed by atoms with van der Waals surface area (Å²) >= 11 is 0. The molecule has 5 nitrogen and oxygen atoms in total. The first-order valence-electron chi connectivity index (χ1n) is 12.0. The molecule has 5 heteroatoms. The lowest BCUT2D eigenvalue weighted by Crippen LogP contribution is -2.40. The van der Waals surface area contributed by atoms with E-state index in [9.17, 15) is 4.79 Å². The van der Waals surface area contributed by atoms with Gasteiger partial charge in [-0.1, -0.05) is 45.1 Å². The van der Waals surface area contributed by atoms with E-state index in [1.807, 2.05) is 24.4 Å². The van der Waals surface area contributed by atoms with Crippen molar-refractivity contribution in [2.45, 2.75) is 58.4 Å². The first kappa shape index (κ1) is 21.6.